The lowest BCUT2D eigenvalue weighted by atomic mass is 10.3. The summed E-state index contributed by atoms with van der Waals surface area (Å²) in [7, 11) is -4.04. The highest BCUT2D eigenvalue weighted by atomic mass is 79.9. The minimum Gasteiger partial charge on any atom is -0.465 e. The van der Waals surface area contributed by atoms with Crippen LogP contribution in [-0.2, 0) is 19.6 Å². The van der Waals surface area contributed by atoms with E-state index in [4.69, 9.17) is 10.5 Å². The Bertz CT molecular complexity index is 621. The second-order valence-corrected chi connectivity index (χ2v) is 6.44. The van der Waals surface area contributed by atoms with Gasteiger partial charge in [0.15, 0.2) is 0 Å². The first-order valence-corrected chi connectivity index (χ1v) is 7.90. The number of carbonyl (C=O) groups excluding carboxylic acids is 1. The van der Waals surface area contributed by atoms with Crippen LogP contribution in [0.4, 0.5) is 10.1 Å². The lowest BCUT2D eigenvalue weighted by Gasteiger charge is -2.14. The number of hydrogen-bond donors (Lipinski definition) is 2. The molecule has 3 N–H and O–H groups in total. The van der Waals surface area contributed by atoms with Crippen molar-refractivity contribution >= 4 is 37.6 Å². The minimum atomic E-state index is -4.04. The van der Waals surface area contributed by atoms with E-state index in [1.165, 1.54) is 6.92 Å². The summed E-state index contributed by atoms with van der Waals surface area (Å²) in [6, 6.07) is 0.844. The van der Waals surface area contributed by atoms with Gasteiger partial charge in [0.2, 0.25) is 10.0 Å². The second kappa shape index (κ2) is 6.51. The standard InChI is InChI=1S/C11H14BrFN2O4S/c1-3-19-11(16)6(2)15-20(17,18)10-5-9(14)8(13)4-7(10)12/h4-6,15H,3,14H2,1-2H3. The Morgan fingerprint density at radius 3 is 2.70 bits per heavy atom. The Morgan fingerprint density at radius 2 is 2.15 bits per heavy atom. The van der Waals surface area contributed by atoms with Crippen molar-refractivity contribution in [3.63, 3.8) is 0 Å². The summed E-state index contributed by atoms with van der Waals surface area (Å²) in [5.41, 5.74) is 5.04. The summed E-state index contributed by atoms with van der Waals surface area (Å²) in [6.07, 6.45) is 0. The molecule has 0 aliphatic carbocycles. The Balaban J connectivity index is 3.06. The maximum Gasteiger partial charge on any atom is 0.323 e. The summed E-state index contributed by atoms with van der Waals surface area (Å²) in [5, 5.41) is 0. The summed E-state index contributed by atoms with van der Waals surface area (Å²) in [6.45, 7) is 3.09. The van der Waals surface area contributed by atoms with Crippen LogP contribution < -0.4 is 10.5 Å². The number of anilines is 1. The lowest BCUT2D eigenvalue weighted by molar-refractivity contribution is -0.144. The van der Waals surface area contributed by atoms with Gasteiger partial charge < -0.3 is 10.5 Å². The average molecular weight is 369 g/mol. The molecule has 0 fully saturated rings. The van der Waals surface area contributed by atoms with Gasteiger partial charge in [-0.05, 0) is 41.9 Å². The number of hydrogen-bond acceptors (Lipinski definition) is 5. The predicted octanol–water partition coefficient (Wildman–Crippen LogP) is 1.40. The zero-order valence-corrected chi connectivity index (χ0v) is 13.2. The van der Waals surface area contributed by atoms with E-state index >= 15 is 0 Å². The topological polar surface area (TPSA) is 98.5 Å². The van der Waals surface area contributed by atoms with Gasteiger partial charge in [-0.3, -0.25) is 4.79 Å². The molecular weight excluding hydrogens is 355 g/mol. The van der Waals surface area contributed by atoms with E-state index in [9.17, 15) is 17.6 Å². The fourth-order valence-electron chi connectivity index (χ4n) is 1.36. The van der Waals surface area contributed by atoms with Crippen molar-refractivity contribution in [3.05, 3.63) is 22.4 Å². The Hall–Kier alpha value is -1.19. The third-order valence-corrected chi connectivity index (χ3v) is 4.81. The van der Waals surface area contributed by atoms with Gasteiger partial charge in [-0.2, -0.15) is 4.72 Å². The lowest BCUT2D eigenvalue weighted by Crippen LogP contribution is -2.39. The number of rotatable bonds is 5. The largest absolute Gasteiger partial charge is 0.465 e. The first kappa shape index (κ1) is 16.9. The van der Waals surface area contributed by atoms with E-state index in [2.05, 4.69) is 20.7 Å². The van der Waals surface area contributed by atoms with E-state index in [0.29, 0.717) is 0 Å². The molecule has 0 saturated carbocycles. The van der Waals surface area contributed by atoms with E-state index in [0.717, 1.165) is 12.1 Å². The van der Waals surface area contributed by atoms with Crippen LogP contribution in [0.5, 0.6) is 0 Å². The molecule has 1 aromatic rings. The number of benzene rings is 1. The monoisotopic (exact) mass is 368 g/mol. The van der Waals surface area contributed by atoms with Gasteiger partial charge in [0.05, 0.1) is 17.2 Å². The number of sulfonamides is 1. The second-order valence-electron chi connectivity index (χ2n) is 3.90. The molecule has 20 heavy (non-hydrogen) atoms. The summed E-state index contributed by atoms with van der Waals surface area (Å²) in [5.74, 6) is -1.45. The van der Waals surface area contributed by atoms with Gasteiger partial charge >= 0.3 is 5.97 Å². The molecule has 0 aliphatic rings. The van der Waals surface area contributed by atoms with Crippen molar-refractivity contribution < 1.29 is 22.3 Å². The number of esters is 1. The van der Waals surface area contributed by atoms with Crippen molar-refractivity contribution in [2.45, 2.75) is 24.8 Å². The van der Waals surface area contributed by atoms with Crippen molar-refractivity contribution in [2.75, 3.05) is 12.3 Å². The van der Waals surface area contributed by atoms with Crippen LogP contribution in [-0.4, -0.2) is 27.0 Å². The molecule has 1 unspecified atom stereocenters. The van der Waals surface area contributed by atoms with Crippen molar-refractivity contribution in [1.29, 1.82) is 0 Å². The molecule has 0 spiro atoms. The fourth-order valence-corrected chi connectivity index (χ4v) is 3.60. The molecule has 1 atom stereocenters. The van der Waals surface area contributed by atoms with Gasteiger partial charge in [-0.1, -0.05) is 0 Å². The molecule has 1 aromatic carbocycles. The number of halogens is 2. The Morgan fingerprint density at radius 1 is 1.55 bits per heavy atom. The number of ether oxygens (including phenoxy) is 1. The minimum absolute atomic E-state index is 0.00718. The predicted molar refractivity (Wildman–Crippen MR) is 74.9 cm³/mol. The number of nitrogens with one attached hydrogen (secondary N) is 1. The van der Waals surface area contributed by atoms with E-state index in [1.54, 1.807) is 6.92 Å². The third kappa shape index (κ3) is 3.90. The maximum absolute atomic E-state index is 13.2. The normalized spacial score (nSPS) is 13.0. The summed E-state index contributed by atoms with van der Waals surface area (Å²) >= 11 is 2.94. The van der Waals surface area contributed by atoms with Crippen LogP contribution in [0.1, 0.15) is 13.8 Å². The van der Waals surface area contributed by atoms with E-state index in [-0.39, 0.29) is 21.7 Å². The average Bonchev–Trinajstić information content (AvgIpc) is 2.33. The highest BCUT2D eigenvalue weighted by Crippen LogP contribution is 2.26. The summed E-state index contributed by atoms with van der Waals surface area (Å²) in [4.78, 5) is 11.2. The molecule has 6 nitrogen and oxygen atoms in total. The van der Waals surface area contributed by atoms with Crippen molar-refractivity contribution in [1.82, 2.24) is 4.72 Å². The first-order valence-electron chi connectivity index (χ1n) is 5.62. The number of nitrogen functional groups attached to an aromatic ring is 1. The van der Waals surface area contributed by atoms with Gasteiger partial charge in [-0.25, -0.2) is 12.8 Å². The van der Waals surface area contributed by atoms with E-state index in [1.807, 2.05) is 0 Å². The van der Waals surface area contributed by atoms with Crippen LogP contribution in [0.3, 0.4) is 0 Å². The molecule has 112 valence electrons. The zero-order valence-electron chi connectivity index (χ0n) is 10.8. The van der Waals surface area contributed by atoms with Gasteiger partial charge in [0, 0.05) is 4.47 Å². The molecule has 0 aromatic heterocycles. The van der Waals surface area contributed by atoms with E-state index < -0.39 is 27.9 Å². The highest BCUT2D eigenvalue weighted by Gasteiger charge is 2.25. The van der Waals surface area contributed by atoms with Gasteiger partial charge in [0.25, 0.3) is 0 Å². The smallest absolute Gasteiger partial charge is 0.323 e. The summed E-state index contributed by atoms with van der Waals surface area (Å²) < 4.78 is 44.2. The molecule has 0 bridgehead atoms. The maximum atomic E-state index is 13.2. The number of nitrogens with two attached hydrogens (primary N) is 1. The van der Waals surface area contributed by atoms with Crippen LogP contribution in [0, 0.1) is 5.82 Å². The first-order chi connectivity index (χ1) is 9.19. The van der Waals surface area contributed by atoms with Crippen LogP contribution in [0.2, 0.25) is 0 Å². The quantitative estimate of drug-likeness (QED) is 0.604. The highest BCUT2D eigenvalue weighted by molar-refractivity contribution is 9.10. The molecule has 0 heterocycles. The molecule has 0 radical (unpaired) electrons. The van der Waals surface area contributed by atoms with Gasteiger partial charge in [-0.15, -0.1) is 0 Å². The van der Waals surface area contributed by atoms with Crippen LogP contribution in [0.25, 0.3) is 0 Å². The fraction of sp³-hybridized carbons (Fsp3) is 0.364. The number of carbonyl (C=O) groups is 1. The Labute approximate surface area is 124 Å². The SMILES string of the molecule is CCOC(=O)C(C)NS(=O)(=O)c1cc(N)c(F)cc1Br. The molecule has 0 aliphatic heterocycles. The Kier molecular flexibility index (Phi) is 5.49. The molecule has 1 rings (SSSR count). The van der Waals surface area contributed by atoms with Crippen molar-refractivity contribution in [3.8, 4) is 0 Å². The van der Waals surface area contributed by atoms with Crippen LogP contribution in [0.15, 0.2) is 21.5 Å². The molecule has 0 amide bonds. The van der Waals surface area contributed by atoms with Crippen LogP contribution >= 0.6 is 15.9 Å². The van der Waals surface area contributed by atoms with Gasteiger partial charge in [0.1, 0.15) is 11.9 Å². The van der Waals surface area contributed by atoms with Crippen molar-refractivity contribution in [2.24, 2.45) is 0 Å². The molecule has 0 saturated heterocycles. The third-order valence-electron chi connectivity index (χ3n) is 2.31. The zero-order chi connectivity index (χ0) is 15.5. The molecule has 9 heteroatoms. The molecular formula is C11H14BrFN2O4S.